The lowest BCUT2D eigenvalue weighted by molar-refractivity contribution is -0.122. The lowest BCUT2D eigenvalue weighted by Gasteiger charge is -2.19. The number of esters is 1. The molecule has 1 aliphatic carbocycles. The fourth-order valence-electron chi connectivity index (χ4n) is 4.70. The molecule has 32 heavy (non-hydrogen) atoms. The van der Waals surface area contributed by atoms with Crippen LogP contribution >= 0.6 is 0 Å². The molecule has 5 heteroatoms. The maximum atomic E-state index is 12.9. The summed E-state index contributed by atoms with van der Waals surface area (Å²) in [5.41, 5.74) is 2.84. The van der Waals surface area contributed by atoms with Crippen LogP contribution in [0.15, 0.2) is 78.9 Å². The van der Waals surface area contributed by atoms with Crippen molar-refractivity contribution < 1.29 is 19.1 Å². The van der Waals surface area contributed by atoms with Gasteiger partial charge < -0.3 is 4.74 Å². The van der Waals surface area contributed by atoms with Crippen molar-refractivity contribution in [3.05, 3.63) is 84.4 Å². The summed E-state index contributed by atoms with van der Waals surface area (Å²) in [5, 5.41) is 0. The van der Waals surface area contributed by atoms with Crippen LogP contribution in [-0.4, -0.2) is 17.8 Å². The van der Waals surface area contributed by atoms with Crippen molar-refractivity contribution in [2.45, 2.75) is 25.7 Å². The van der Waals surface area contributed by atoms with Crippen LogP contribution in [0.2, 0.25) is 0 Å². The summed E-state index contributed by atoms with van der Waals surface area (Å²) in [6.07, 6.45) is 3.46. The van der Waals surface area contributed by atoms with E-state index in [2.05, 4.69) is 0 Å². The van der Waals surface area contributed by atoms with E-state index in [9.17, 15) is 14.4 Å². The first-order valence-electron chi connectivity index (χ1n) is 11.0. The number of benzene rings is 3. The lowest BCUT2D eigenvalue weighted by Crippen LogP contribution is -2.31. The van der Waals surface area contributed by atoms with Gasteiger partial charge in [0.2, 0.25) is 11.8 Å². The van der Waals surface area contributed by atoms with Gasteiger partial charge in [-0.3, -0.25) is 14.5 Å². The molecule has 5 rings (SSSR count). The van der Waals surface area contributed by atoms with Crippen LogP contribution in [0.3, 0.4) is 0 Å². The lowest BCUT2D eigenvalue weighted by atomic mass is 9.81. The number of rotatable bonds is 4. The van der Waals surface area contributed by atoms with Crippen LogP contribution in [0, 0.1) is 11.8 Å². The van der Waals surface area contributed by atoms with Gasteiger partial charge in [-0.25, -0.2) is 4.79 Å². The van der Waals surface area contributed by atoms with Gasteiger partial charge in [-0.1, -0.05) is 61.4 Å². The number of carbonyl (C=O) groups excluding carboxylic acids is 3. The minimum absolute atomic E-state index is 0.151. The molecule has 0 aromatic heterocycles. The normalized spacial score (nSPS) is 20.2. The van der Waals surface area contributed by atoms with E-state index in [1.54, 1.807) is 36.4 Å². The van der Waals surface area contributed by atoms with Gasteiger partial charge >= 0.3 is 5.97 Å². The van der Waals surface area contributed by atoms with Crippen LogP contribution in [0.25, 0.3) is 11.1 Å². The molecule has 1 saturated heterocycles. The fraction of sp³-hybridized carbons (Fsp3) is 0.222. The zero-order chi connectivity index (χ0) is 22.1. The number of amides is 2. The molecule has 3 aromatic rings. The Morgan fingerprint density at radius 3 is 2.03 bits per heavy atom. The Kier molecular flexibility index (Phi) is 5.31. The first-order chi connectivity index (χ1) is 15.6. The molecule has 2 amide bonds. The van der Waals surface area contributed by atoms with E-state index in [0.717, 1.165) is 36.8 Å². The van der Waals surface area contributed by atoms with Gasteiger partial charge in [-0.05, 0) is 54.3 Å². The highest BCUT2D eigenvalue weighted by atomic mass is 16.5. The number of anilines is 1. The summed E-state index contributed by atoms with van der Waals surface area (Å²) in [5.74, 6) is -0.858. The predicted octanol–water partition coefficient (Wildman–Crippen LogP) is 5.25. The van der Waals surface area contributed by atoms with Crippen LogP contribution in [-0.2, 0) is 9.59 Å². The fourth-order valence-corrected chi connectivity index (χ4v) is 4.70. The molecule has 160 valence electrons. The standard InChI is InChI=1S/C27H23NO4/c29-25-23-11-4-5-12-24(23)26(30)28(25)21-10-6-9-20(17-21)27(31)32-22-15-13-19(14-16-22)18-7-2-1-3-8-18/h1-3,6-10,13-17,23-24H,4-5,11-12H2/t23-,24-/m0/s1. The Hall–Kier alpha value is -3.73. The summed E-state index contributed by atoms with van der Waals surface area (Å²) in [7, 11) is 0. The number of imide groups is 1. The van der Waals surface area contributed by atoms with Crippen molar-refractivity contribution in [1.29, 1.82) is 0 Å². The van der Waals surface area contributed by atoms with Crippen LogP contribution in [0.4, 0.5) is 5.69 Å². The van der Waals surface area contributed by atoms with Crippen molar-refractivity contribution in [1.82, 2.24) is 0 Å². The number of hydrogen-bond donors (Lipinski definition) is 0. The Bertz CT molecular complexity index is 1150. The summed E-state index contributed by atoms with van der Waals surface area (Å²) >= 11 is 0. The summed E-state index contributed by atoms with van der Waals surface area (Å²) in [6, 6.07) is 23.8. The van der Waals surface area contributed by atoms with Gasteiger partial charge in [0.15, 0.2) is 0 Å². The molecule has 5 nitrogen and oxygen atoms in total. The summed E-state index contributed by atoms with van der Waals surface area (Å²) < 4.78 is 5.53. The van der Waals surface area contributed by atoms with Gasteiger partial charge in [0.05, 0.1) is 23.1 Å². The first kappa shape index (κ1) is 20.2. The molecule has 1 aliphatic heterocycles. The quantitative estimate of drug-likeness (QED) is 0.325. The second-order valence-corrected chi connectivity index (χ2v) is 8.34. The number of ether oxygens (including phenoxy) is 1. The molecule has 0 radical (unpaired) electrons. The van der Waals surface area contributed by atoms with E-state index in [1.807, 2.05) is 42.5 Å². The highest BCUT2D eigenvalue weighted by molar-refractivity contribution is 6.22. The molecule has 2 fully saturated rings. The second kappa shape index (κ2) is 8.42. The third kappa shape index (κ3) is 3.71. The predicted molar refractivity (Wildman–Crippen MR) is 121 cm³/mol. The van der Waals surface area contributed by atoms with E-state index >= 15 is 0 Å². The zero-order valence-corrected chi connectivity index (χ0v) is 17.6. The number of fused-ring (bicyclic) bond motifs is 1. The molecular weight excluding hydrogens is 402 g/mol. The molecule has 2 aliphatic rings. The van der Waals surface area contributed by atoms with Gasteiger partial charge in [0.1, 0.15) is 5.75 Å². The van der Waals surface area contributed by atoms with Gasteiger partial charge in [0.25, 0.3) is 0 Å². The maximum absolute atomic E-state index is 12.9. The third-order valence-electron chi connectivity index (χ3n) is 6.35. The van der Waals surface area contributed by atoms with E-state index in [1.165, 1.54) is 4.90 Å². The van der Waals surface area contributed by atoms with E-state index in [-0.39, 0.29) is 23.7 Å². The maximum Gasteiger partial charge on any atom is 0.343 e. The number of carbonyl (C=O) groups is 3. The van der Waals surface area contributed by atoms with E-state index in [0.29, 0.717) is 17.0 Å². The largest absolute Gasteiger partial charge is 0.423 e. The van der Waals surface area contributed by atoms with Crippen molar-refractivity contribution in [3.8, 4) is 16.9 Å². The van der Waals surface area contributed by atoms with Crippen LogP contribution in [0.1, 0.15) is 36.0 Å². The summed E-state index contributed by atoms with van der Waals surface area (Å²) in [4.78, 5) is 39.7. The highest BCUT2D eigenvalue weighted by Crippen LogP contribution is 2.40. The molecule has 0 unspecified atom stereocenters. The molecule has 0 N–H and O–H groups in total. The van der Waals surface area contributed by atoms with Crippen molar-refractivity contribution in [2.75, 3.05) is 4.90 Å². The Labute approximate surface area is 186 Å². The molecule has 3 aromatic carbocycles. The average Bonchev–Trinajstić information content (AvgIpc) is 3.10. The molecule has 0 bridgehead atoms. The smallest absolute Gasteiger partial charge is 0.343 e. The minimum Gasteiger partial charge on any atom is -0.423 e. The van der Waals surface area contributed by atoms with E-state index < -0.39 is 5.97 Å². The number of nitrogens with zero attached hydrogens (tertiary/aromatic N) is 1. The SMILES string of the molecule is O=C(Oc1ccc(-c2ccccc2)cc1)c1cccc(N2C(=O)[C@H]3CCCC[C@@H]3C2=O)c1. The minimum atomic E-state index is -0.532. The molecule has 0 spiro atoms. The van der Waals surface area contributed by atoms with E-state index in [4.69, 9.17) is 4.74 Å². The van der Waals surface area contributed by atoms with Crippen LogP contribution < -0.4 is 9.64 Å². The first-order valence-corrected chi connectivity index (χ1v) is 11.0. The van der Waals surface area contributed by atoms with Gasteiger partial charge in [0, 0.05) is 0 Å². The van der Waals surface area contributed by atoms with Gasteiger partial charge in [-0.15, -0.1) is 0 Å². The molecule has 1 saturated carbocycles. The Morgan fingerprint density at radius 2 is 1.38 bits per heavy atom. The third-order valence-corrected chi connectivity index (χ3v) is 6.35. The highest BCUT2D eigenvalue weighted by Gasteiger charge is 2.48. The second-order valence-electron chi connectivity index (χ2n) is 8.34. The Balaban J connectivity index is 1.33. The number of hydrogen-bond acceptors (Lipinski definition) is 4. The molecule has 1 heterocycles. The Morgan fingerprint density at radius 1 is 0.750 bits per heavy atom. The van der Waals surface area contributed by atoms with Crippen molar-refractivity contribution in [2.24, 2.45) is 11.8 Å². The zero-order valence-electron chi connectivity index (χ0n) is 17.6. The average molecular weight is 425 g/mol. The topological polar surface area (TPSA) is 63.7 Å². The van der Waals surface area contributed by atoms with Crippen LogP contribution in [0.5, 0.6) is 5.75 Å². The van der Waals surface area contributed by atoms with Gasteiger partial charge in [-0.2, -0.15) is 0 Å². The summed E-state index contributed by atoms with van der Waals surface area (Å²) in [6.45, 7) is 0. The molecule has 2 atom stereocenters. The molecular formula is C27H23NO4. The van der Waals surface area contributed by atoms with Crippen molar-refractivity contribution in [3.63, 3.8) is 0 Å². The monoisotopic (exact) mass is 425 g/mol. The van der Waals surface area contributed by atoms with Crippen molar-refractivity contribution >= 4 is 23.5 Å².